The summed E-state index contributed by atoms with van der Waals surface area (Å²) >= 11 is 0. The topological polar surface area (TPSA) is 84.4 Å². The quantitative estimate of drug-likeness (QED) is 0.452. The van der Waals surface area contributed by atoms with E-state index in [1.54, 1.807) is 18.2 Å². The maximum Gasteiger partial charge on any atom is 0.166 e. The molecule has 0 aromatic carbocycles. The van der Waals surface area contributed by atoms with E-state index in [0.29, 0.717) is 13.1 Å². The number of nitrogens with one attached hydrogen (secondary N) is 1. The molecule has 1 aliphatic rings. The van der Waals surface area contributed by atoms with Gasteiger partial charge in [-0.15, -0.1) is 0 Å². The molecule has 0 amide bonds. The first-order chi connectivity index (χ1) is 6.25. The summed E-state index contributed by atoms with van der Waals surface area (Å²) in [5, 5.41) is 14.0. The minimum absolute atomic E-state index is 0.399. The van der Waals surface area contributed by atoms with Crippen LogP contribution in [0.4, 0.5) is 0 Å². The Morgan fingerprint density at radius 2 is 2.38 bits per heavy atom. The molecule has 1 heterocycles. The van der Waals surface area contributed by atoms with E-state index in [-0.39, 0.29) is 0 Å². The molecule has 0 aromatic heterocycles. The van der Waals surface area contributed by atoms with E-state index >= 15 is 0 Å². The fourth-order valence-electron chi connectivity index (χ4n) is 1.04. The molecule has 1 rings (SSSR count). The van der Waals surface area contributed by atoms with E-state index in [0.717, 1.165) is 5.01 Å². The van der Waals surface area contributed by atoms with E-state index < -0.39 is 11.2 Å². The maximum absolute atomic E-state index is 10.5. The highest BCUT2D eigenvalue weighted by Crippen LogP contribution is 2.04. The molecule has 0 saturated carbocycles. The fraction of sp³-hybridized carbons (Fsp3) is 0.429. The fourth-order valence-corrected chi connectivity index (χ4v) is 1.04. The molecule has 1 unspecified atom stereocenters. The van der Waals surface area contributed by atoms with Gasteiger partial charge in [-0.2, -0.15) is 0 Å². The average molecular weight is 184 g/mol. The second-order valence-corrected chi connectivity index (χ2v) is 2.53. The summed E-state index contributed by atoms with van der Waals surface area (Å²) in [5.41, 5.74) is 5.27. The zero-order chi connectivity index (χ0) is 9.68. The number of hydrogen-bond donors (Lipinski definition) is 2. The molecular formula is C7H12N4O2. The Hall–Kier alpha value is -1.40. The predicted molar refractivity (Wildman–Crippen MR) is 48.0 cm³/mol. The Morgan fingerprint density at radius 1 is 1.62 bits per heavy atom. The lowest BCUT2D eigenvalue weighted by Gasteiger charge is -2.21. The van der Waals surface area contributed by atoms with Crippen LogP contribution in [0.5, 0.6) is 0 Å². The Bertz CT molecular complexity index is 239. The second kappa shape index (κ2) is 4.58. The highest BCUT2D eigenvalue weighted by Gasteiger charge is 2.22. The van der Waals surface area contributed by atoms with Gasteiger partial charge in [0.2, 0.25) is 0 Å². The van der Waals surface area contributed by atoms with Crippen molar-refractivity contribution >= 4 is 0 Å². The lowest BCUT2D eigenvalue weighted by atomic mass is 10.3. The molecule has 0 aromatic rings. The number of allylic oxidation sites excluding steroid dienone is 2. The first-order valence-corrected chi connectivity index (χ1v) is 3.97. The van der Waals surface area contributed by atoms with E-state index in [9.17, 15) is 10.1 Å². The Labute approximate surface area is 75.8 Å². The lowest BCUT2D eigenvalue weighted by Crippen LogP contribution is -2.46. The number of nitrogens with two attached hydrogens (primary N) is 1. The van der Waals surface area contributed by atoms with Crippen molar-refractivity contribution in [1.82, 2.24) is 10.3 Å². The van der Waals surface area contributed by atoms with Crippen LogP contribution in [-0.4, -0.2) is 29.3 Å². The highest BCUT2D eigenvalue weighted by atomic mass is 16.7. The van der Waals surface area contributed by atoms with Crippen LogP contribution in [0.15, 0.2) is 24.4 Å². The van der Waals surface area contributed by atoms with E-state index in [2.05, 4.69) is 5.32 Å². The molecule has 0 aliphatic carbocycles. The molecule has 1 atom stereocenters. The minimum Gasteiger partial charge on any atom is -0.329 e. The summed E-state index contributed by atoms with van der Waals surface area (Å²) < 4.78 is 0. The van der Waals surface area contributed by atoms with Gasteiger partial charge in [-0.3, -0.25) is 5.32 Å². The van der Waals surface area contributed by atoms with Crippen molar-refractivity contribution in [2.75, 3.05) is 13.1 Å². The van der Waals surface area contributed by atoms with E-state index in [1.807, 2.05) is 0 Å². The van der Waals surface area contributed by atoms with Crippen LogP contribution < -0.4 is 11.1 Å². The van der Waals surface area contributed by atoms with E-state index in [1.165, 1.54) is 6.20 Å². The minimum atomic E-state index is -0.464. The summed E-state index contributed by atoms with van der Waals surface area (Å²) in [6.45, 7) is 1.01. The molecule has 6 heteroatoms. The number of nitro groups is 1. The van der Waals surface area contributed by atoms with Crippen molar-refractivity contribution in [1.29, 1.82) is 0 Å². The first-order valence-electron chi connectivity index (χ1n) is 3.97. The highest BCUT2D eigenvalue weighted by molar-refractivity contribution is 5.10. The molecular weight excluding hydrogens is 172 g/mol. The third-order valence-electron chi connectivity index (χ3n) is 1.61. The summed E-state index contributed by atoms with van der Waals surface area (Å²) in [7, 11) is 0. The summed E-state index contributed by atoms with van der Waals surface area (Å²) in [4.78, 5) is 10.5. The van der Waals surface area contributed by atoms with Gasteiger partial charge in [-0.1, -0.05) is 11.1 Å². The van der Waals surface area contributed by atoms with Gasteiger partial charge in [0, 0.05) is 13.1 Å². The number of nitrogens with zero attached hydrogens (tertiary/aromatic N) is 2. The molecule has 1 aliphatic heterocycles. The Morgan fingerprint density at radius 3 is 3.00 bits per heavy atom. The number of hydrazine groups is 1. The van der Waals surface area contributed by atoms with Crippen LogP contribution in [0.2, 0.25) is 0 Å². The van der Waals surface area contributed by atoms with Crippen molar-refractivity contribution < 1.29 is 5.03 Å². The van der Waals surface area contributed by atoms with Crippen molar-refractivity contribution in [2.45, 2.75) is 6.17 Å². The third kappa shape index (κ3) is 2.53. The van der Waals surface area contributed by atoms with Gasteiger partial charge in [-0.25, -0.2) is 10.1 Å². The SMILES string of the molecule is NCCNC1C=CC=CN1[N+](=O)[O-]. The van der Waals surface area contributed by atoms with Crippen LogP contribution in [0, 0.1) is 10.1 Å². The largest absolute Gasteiger partial charge is 0.329 e. The van der Waals surface area contributed by atoms with Gasteiger partial charge < -0.3 is 5.73 Å². The van der Waals surface area contributed by atoms with Crippen LogP contribution >= 0.6 is 0 Å². The zero-order valence-electron chi connectivity index (χ0n) is 7.09. The molecule has 72 valence electrons. The van der Waals surface area contributed by atoms with E-state index in [4.69, 9.17) is 5.73 Å². The Kier molecular flexibility index (Phi) is 3.41. The zero-order valence-corrected chi connectivity index (χ0v) is 7.09. The molecule has 6 nitrogen and oxygen atoms in total. The molecule has 0 radical (unpaired) electrons. The molecule has 3 N–H and O–H groups in total. The van der Waals surface area contributed by atoms with Crippen LogP contribution in [0.1, 0.15) is 0 Å². The third-order valence-corrected chi connectivity index (χ3v) is 1.61. The Balaban J connectivity index is 2.54. The summed E-state index contributed by atoms with van der Waals surface area (Å²) in [6, 6.07) is 0. The standard InChI is InChI=1S/C7H12N4O2/c8-4-5-9-7-3-1-2-6-10(7)11(12)13/h1-3,6-7,9H,4-5,8H2. The predicted octanol–water partition coefficient (Wildman–Crippen LogP) is -0.562. The number of rotatable bonds is 4. The van der Waals surface area contributed by atoms with Crippen LogP contribution in [0.3, 0.4) is 0 Å². The lowest BCUT2D eigenvalue weighted by molar-refractivity contribution is -0.647. The molecule has 13 heavy (non-hydrogen) atoms. The van der Waals surface area contributed by atoms with Gasteiger partial charge in [0.25, 0.3) is 0 Å². The van der Waals surface area contributed by atoms with Gasteiger partial charge in [0.1, 0.15) is 0 Å². The maximum atomic E-state index is 10.5. The smallest absolute Gasteiger partial charge is 0.166 e. The second-order valence-electron chi connectivity index (χ2n) is 2.53. The average Bonchev–Trinajstić information content (AvgIpc) is 2.15. The van der Waals surface area contributed by atoms with Gasteiger partial charge in [-0.05, 0) is 12.2 Å². The van der Waals surface area contributed by atoms with Gasteiger partial charge in [0.05, 0.1) is 6.20 Å². The van der Waals surface area contributed by atoms with Crippen molar-refractivity contribution in [3.63, 3.8) is 0 Å². The van der Waals surface area contributed by atoms with Gasteiger partial charge in [0.15, 0.2) is 11.2 Å². The van der Waals surface area contributed by atoms with Crippen molar-refractivity contribution in [2.24, 2.45) is 5.73 Å². The number of hydrogen-bond acceptors (Lipinski definition) is 4. The molecule has 0 spiro atoms. The monoisotopic (exact) mass is 184 g/mol. The van der Waals surface area contributed by atoms with Crippen molar-refractivity contribution in [3.8, 4) is 0 Å². The molecule has 0 saturated heterocycles. The normalized spacial score (nSPS) is 20.7. The van der Waals surface area contributed by atoms with Crippen molar-refractivity contribution in [3.05, 3.63) is 34.5 Å². The summed E-state index contributed by atoms with van der Waals surface area (Å²) in [5.74, 6) is 0. The van der Waals surface area contributed by atoms with Crippen LogP contribution in [-0.2, 0) is 0 Å². The van der Waals surface area contributed by atoms with Crippen LogP contribution in [0.25, 0.3) is 0 Å². The first kappa shape index (κ1) is 9.69. The van der Waals surface area contributed by atoms with Gasteiger partial charge >= 0.3 is 0 Å². The summed E-state index contributed by atoms with van der Waals surface area (Å²) in [6.07, 6.45) is 6.09. The molecule has 0 fully saturated rings. The molecule has 0 bridgehead atoms.